The molecule has 1 rings (SSSR count). The Labute approximate surface area is 82.9 Å². The Balaban J connectivity index is 2.71. The minimum absolute atomic E-state index is 0.592. The van der Waals surface area contributed by atoms with E-state index in [1.165, 1.54) is 0 Å². The lowest BCUT2D eigenvalue weighted by Crippen LogP contribution is -2.05. The van der Waals surface area contributed by atoms with Crippen LogP contribution in [-0.4, -0.2) is 19.9 Å². The predicted molar refractivity (Wildman–Crippen MR) is 53.9 cm³/mol. The van der Waals surface area contributed by atoms with Crippen LogP contribution in [0.2, 0.25) is 0 Å². The van der Waals surface area contributed by atoms with E-state index in [0.29, 0.717) is 6.54 Å². The van der Waals surface area contributed by atoms with Crippen molar-refractivity contribution in [1.29, 1.82) is 0 Å². The summed E-state index contributed by atoms with van der Waals surface area (Å²) >= 11 is 0. The minimum atomic E-state index is -0.646. The van der Waals surface area contributed by atoms with Crippen LogP contribution in [0, 0.1) is 0 Å². The van der Waals surface area contributed by atoms with Gasteiger partial charge in [0, 0.05) is 5.92 Å². The van der Waals surface area contributed by atoms with Crippen molar-refractivity contribution in [3.63, 3.8) is 0 Å². The molecule has 0 aliphatic rings. The van der Waals surface area contributed by atoms with Crippen LogP contribution >= 0.6 is 0 Å². The summed E-state index contributed by atoms with van der Waals surface area (Å²) in [6.07, 6.45) is 0.802. The Bertz CT molecular complexity index is 254. The first kappa shape index (κ1) is 11.1. The molecule has 14 heavy (non-hydrogen) atoms. The summed E-state index contributed by atoms with van der Waals surface area (Å²) in [5.74, 6) is -0.609. The molecule has 3 heteroatoms. The topological polar surface area (TPSA) is 26.0 Å². The van der Waals surface area contributed by atoms with Crippen molar-refractivity contribution in [1.82, 2.24) is 0 Å². The zero-order valence-electron chi connectivity index (χ0n) is 8.05. The van der Waals surface area contributed by atoms with Gasteiger partial charge in [-0.15, -0.1) is 0 Å². The molecular formula is C11H15F2N. The molecule has 0 saturated carbocycles. The van der Waals surface area contributed by atoms with E-state index in [-0.39, 0.29) is 0 Å². The van der Waals surface area contributed by atoms with E-state index in [4.69, 9.17) is 5.73 Å². The molecule has 0 aliphatic carbocycles. The van der Waals surface area contributed by atoms with E-state index in [2.05, 4.69) is 0 Å². The predicted octanol–water partition coefficient (Wildman–Crippen LogP) is 2.21. The number of rotatable bonds is 5. The fourth-order valence-electron chi connectivity index (χ4n) is 1.34. The highest BCUT2D eigenvalue weighted by atomic mass is 19.1. The minimum Gasteiger partial charge on any atom is -0.330 e. The van der Waals surface area contributed by atoms with Crippen molar-refractivity contribution < 1.29 is 8.78 Å². The Hall–Kier alpha value is -0.960. The third-order valence-corrected chi connectivity index (χ3v) is 2.26. The quantitative estimate of drug-likeness (QED) is 0.773. The summed E-state index contributed by atoms with van der Waals surface area (Å²) in [6, 6.07) is 7.30. The lowest BCUT2D eigenvalue weighted by atomic mass is 10.00. The molecule has 0 aliphatic heterocycles. The summed E-state index contributed by atoms with van der Waals surface area (Å²) in [7, 11) is 0. The van der Waals surface area contributed by atoms with Crippen molar-refractivity contribution in [2.75, 3.05) is 19.9 Å². The Morgan fingerprint density at radius 1 is 1.07 bits per heavy atom. The molecule has 0 atom stereocenters. The van der Waals surface area contributed by atoms with Gasteiger partial charge in [-0.25, -0.2) is 0 Å². The summed E-state index contributed by atoms with van der Waals surface area (Å²) in [4.78, 5) is 0. The molecule has 0 spiro atoms. The summed E-state index contributed by atoms with van der Waals surface area (Å²) in [5.41, 5.74) is 7.21. The van der Waals surface area contributed by atoms with E-state index >= 15 is 0 Å². The van der Waals surface area contributed by atoms with Gasteiger partial charge in [0.25, 0.3) is 0 Å². The maximum Gasteiger partial charge on any atom is 0.0988 e. The van der Waals surface area contributed by atoms with Crippen molar-refractivity contribution in [2.45, 2.75) is 12.3 Å². The van der Waals surface area contributed by atoms with Crippen molar-refractivity contribution in [2.24, 2.45) is 5.73 Å². The van der Waals surface area contributed by atoms with Gasteiger partial charge in [0.05, 0.1) is 13.3 Å². The lowest BCUT2D eigenvalue weighted by molar-refractivity contribution is 0.353. The summed E-state index contributed by atoms with van der Waals surface area (Å²) in [6.45, 7) is -0.700. The summed E-state index contributed by atoms with van der Waals surface area (Å²) < 4.78 is 24.7. The highest BCUT2D eigenvalue weighted by Crippen LogP contribution is 2.17. The Morgan fingerprint density at radius 2 is 1.64 bits per heavy atom. The number of hydrogen-bond donors (Lipinski definition) is 1. The Kier molecular flexibility index (Phi) is 4.53. The molecule has 0 saturated heterocycles. The molecule has 0 bridgehead atoms. The van der Waals surface area contributed by atoms with Crippen LogP contribution < -0.4 is 5.73 Å². The van der Waals surface area contributed by atoms with Gasteiger partial charge in [-0.2, -0.15) is 0 Å². The second kappa shape index (κ2) is 5.70. The second-order valence-corrected chi connectivity index (χ2v) is 3.29. The number of halogens is 2. The largest absolute Gasteiger partial charge is 0.330 e. The van der Waals surface area contributed by atoms with Gasteiger partial charge in [-0.05, 0) is 24.1 Å². The fraction of sp³-hybridized carbons (Fsp3) is 0.455. The molecule has 1 aromatic carbocycles. The highest BCUT2D eigenvalue weighted by molar-refractivity contribution is 5.25. The highest BCUT2D eigenvalue weighted by Gasteiger charge is 2.10. The standard InChI is InChI=1S/C11H15F2N/c12-7-11(8-13)10-3-1-9(2-4-10)5-6-14/h1-4,11H,5-8,14H2. The zero-order valence-corrected chi connectivity index (χ0v) is 8.05. The smallest absolute Gasteiger partial charge is 0.0988 e. The normalized spacial score (nSPS) is 10.9. The number of hydrogen-bond acceptors (Lipinski definition) is 1. The number of nitrogens with two attached hydrogens (primary N) is 1. The average molecular weight is 199 g/mol. The van der Waals surface area contributed by atoms with Crippen LogP contribution in [0.25, 0.3) is 0 Å². The van der Waals surface area contributed by atoms with Crippen LogP contribution in [0.15, 0.2) is 24.3 Å². The van der Waals surface area contributed by atoms with Crippen LogP contribution in [0.4, 0.5) is 8.78 Å². The van der Waals surface area contributed by atoms with Crippen LogP contribution in [-0.2, 0) is 6.42 Å². The van der Waals surface area contributed by atoms with Gasteiger partial charge >= 0.3 is 0 Å². The molecule has 0 fully saturated rings. The zero-order chi connectivity index (χ0) is 10.4. The van der Waals surface area contributed by atoms with Crippen molar-refractivity contribution in [3.8, 4) is 0 Å². The molecule has 0 heterocycles. The van der Waals surface area contributed by atoms with E-state index in [1.807, 2.05) is 12.1 Å². The summed E-state index contributed by atoms with van der Waals surface area (Å²) in [5, 5.41) is 0. The second-order valence-electron chi connectivity index (χ2n) is 3.29. The molecule has 1 aromatic rings. The van der Waals surface area contributed by atoms with E-state index in [0.717, 1.165) is 17.5 Å². The van der Waals surface area contributed by atoms with Gasteiger partial charge < -0.3 is 5.73 Å². The van der Waals surface area contributed by atoms with Gasteiger partial charge in [0.1, 0.15) is 0 Å². The molecular weight excluding hydrogens is 184 g/mol. The van der Waals surface area contributed by atoms with Gasteiger partial charge in [0.2, 0.25) is 0 Å². The van der Waals surface area contributed by atoms with E-state index < -0.39 is 19.3 Å². The third-order valence-electron chi connectivity index (χ3n) is 2.26. The first-order chi connectivity index (χ1) is 6.81. The molecule has 0 aromatic heterocycles. The molecule has 2 N–H and O–H groups in total. The third kappa shape index (κ3) is 2.77. The lowest BCUT2D eigenvalue weighted by Gasteiger charge is -2.09. The SMILES string of the molecule is NCCc1ccc(C(CF)CF)cc1. The first-order valence-corrected chi connectivity index (χ1v) is 4.72. The monoisotopic (exact) mass is 199 g/mol. The van der Waals surface area contributed by atoms with Crippen LogP contribution in [0.5, 0.6) is 0 Å². The van der Waals surface area contributed by atoms with Gasteiger partial charge in [-0.3, -0.25) is 8.78 Å². The maximum absolute atomic E-state index is 12.3. The maximum atomic E-state index is 12.3. The van der Waals surface area contributed by atoms with Crippen molar-refractivity contribution >= 4 is 0 Å². The van der Waals surface area contributed by atoms with Crippen molar-refractivity contribution in [3.05, 3.63) is 35.4 Å². The van der Waals surface area contributed by atoms with Gasteiger partial charge in [0.15, 0.2) is 0 Å². The Morgan fingerprint density at radius 3 is 2.07 bits per heavy atom. The molecule has 0 amide bonds. The number of benzene rings is 1. The fourth-order valence-corrected chi connectivity index (χ4v) is 1.34. The molecule has 1 nitrogen and oxygen atoms in total. The molecule has 78 valence electrons. The van der Waals surface area contributed by atoms with E-state index in [9.17, 15) is 8.78 Å². The van der Waals surface area contributed by atoms with Gasteiger partial charge in [-0.1, -0.05) is 24.3 Å². The van der Waals surface area contributed by atoms with Crippen LogP contribution in [0.1, 0.15) is 17.0 Å². The molecule has 0 unspecified atom stereocenters. The first-order valence-electron chi connectivity index (χ1n) is 4.72. The average Bonchev–Trinajstić information content (AvgIpc) is 2.23. The van der Waals surface area contributed by atoms with E-state index in [1.54, 1.807) is 12.1 Å². The molecule has 0 radical (unpaired) electrons. The van der Waals surface area contributed by atoms with Crippen LogP contribution in [0.3, 0.4) is 0 Å². The number of alkyl halides is 2.